The lowest BCUT2D eigenvalue weighted by Gasteiger charge is -2.34. The third-order valence-corrected chi connectivity index (χ3v) is 4.88. The topological polar surface area (TPSA) is 105 Å². The van der Waals surface area contributed by atoms with E-state index in [0.717, 1.165) is 45.3 Å². The summed E-state index contributed by atoms with van der Waals surface area (Å²) in [6.07, 6.45) is 4.70. The third-order valence-electron chi connectivity index (χ3n) is 4.31. The SMILES string of the molecule is NS(=O)(=O)NCC1CCCN(C(=O)CC2CCCNC2)C1. The summed E-state index contributed by atoms with van der Waals surface area (Å²) in [4.78, 5) is 14.2. The van der Waals surface area contributed by atoms with Crippen LogP contribution in [-0.4, -0.2) is 51.9 Å². The number of hydrogen-bond acceptors (Lipinski definition) is 4. The van der Waals surface area contributed by atoms with Crippen molar-refractivity contribution >= 4 is 16.1 Å². The quantitative estimate of drug-likeness (QED) is 0.630. The number of carbonyl (C=O) groups is 1. The second-order valence-corrected chi connectivity index (χ2v) is 7.54. The Morgan fingerprint density at radius 1 is 1.29 bits per heavy atom. The van der Waals surface area contributed by atoms with Crippen LogP contribution in [0.4, 0.5) is 0 Å². The Bertz CT molecular complexity index is 448. The first-order valence-corrected chi connectivity index (χ1v) is 9.24. The van der Waals surface area contributed by atoms with Crippen molar-refractivity contribution in [1.82, 2.24) is 14.9 Å². The van der Waals surface area contributed by atoms with E-state index in [0.29, 0.717) is 25.4 Å². The summed E-state index contributed by atoms with van der Waals surface area (Å²) in [5.41, 5.74) is 0. The summed E-state index contributed by atoms with van der Waals surface area (Å²) in [5, 5.41) is 8.27. The van der Waals surface area contributed by atoms with E-state index < -0.39 is 10.2 Å². The number of rotatable bonds is 5. The van der Waals surface area contributed by atoms with Crippen LogP contribution >= 0.6 is 0 Å². The smallest absolute Gasteiger partial charge is 0.274 e. The van der Waals surface area contributed by atoms with Crippen LogP contribution in [0.1, 0.15) is 32.1 Å². The molecule has 0 aromatic heterocycles. The van der Waals surface area contributed by atoms with Crippen molar-refractivity contribution in [3.05, 3.63) is 0 Å². The Labute approximate surface area is 126 Å². The molecule has 2 heterocycles. The van der Waals surface area contributed by atoms with Crippen LogP contribution in [0.3, 0.4) is 0 Å². The molecule has 2 aliphatic rings. The summed E-state index contributed by atoms with van der Waals surface area (Å²) in [7, 11) is -3.65. The molecule has 0 saturated carbocycles. The van der Waals surface area contributed by atoms with Gasteiger partial charge in [-0.15, -0.1) is 0 Å². The highest BCUT2D eigenvalue weighted by molar-refractivity contribution is 7.87. The number of carbonyl (C=O) groups excluding carboxylic acids is 1. The molecule has 0 radical (unpaired) electrons. The monoisotopic (exact) mass is 318 g/mol. The molecule has 2 aliphatic heterocycles. The Hall–Kier alpha value is -0.700. The van der Waals surface area contributed by atoms with E-state index >= 15 is 0 Å². The molecule has 2 unspecified atom stereocenters. The molecule has 1 amide bonds. The second kappa shape index (κ2) is 7.53. The number of amides is 1. The summed E-state index contributed by atoms with van der Waals surface area (Å²) in [5.74, 6) is 0.795. The molecular formula is C13H26N4O3S. The second-order valence-electron chi connectivity index (χ2n) is 6.16. The molecule has 0 aliphatic carbocycles. The first-order chi connectivity index (χ1) is 9.94. The van der Waals surface area contributed by atoms with Gasteiger partial charge in [-0.1, -0.05) is 0 Å². The molecule has 0 bridgehead atoms. The summed E-state index contributed by atoms with van der Waals surface area (Å²) in [6.45, 7) is 3.70. The predicted octanol–water partition coefficient (Wildman–Crippen LogP) is -0.592. The van der Waals surface area contributed by atoms with Crippen molar-refractivity contribution in [1.29, 1.82) is 0 Å². The van der Waals surface area contributed by atoms with Gasteiger partial charge in [0.2, 0.25) is 5.91 Å². The van der Waals surface area contributed by atoms with E-state index in [1.54, 1.807) is 0 Å². The molecule has 0 spiro atoms. The summed E-state index contributed by atoms with van der Waals surface area (Å²) in [6, 6.07) is 0. The number of hydrogen-bond donors (Lipinski definition) is 3. The van der Waals surface area contributed by atoms with Crippen molar-refractivity contribution in [3.8, 4) is 0 Å². The Balaban J connectivity index is 1.78. The highest BCUT2D eigenvalue weighted by atomic mass is 32.2. The average Bonchev–Trinajstić information content (AvgIpc) is 2.46. The maximum Gasteiger partial charge on any atom is 0.274 e. The standard InChI is InChI=1S/C13H26N4O3S/c14-21(19,20)16-9-12-4-2-6-17(10-12)13(18)7-11-3-1-5-15-8-11/h11-12,15-16H,1-10H2,(H2,14,19,20). The van der Waals surface area contributed by atoms with Crippen LogP contribution < -0.4 is 15.2 Å². The molecule has 122 valence electrons. The lowest BCUT2D eigenvalue weighted by atomic mass is 9.93. The van der Waals surface area contributed by atoms with E-state index in [1.165, 1.54) is 0 Å². The van der Waals surface area contributed by atoms with Crippen LogP contribution in [0.5, 0.6) is 0 Å². The van der Waals surface area contributed by atoms with Gasteiger partial charge in [0.05, 0.1) is 0 Å². The zero-order valence-electron chi connectivity index (χ0n) is 12.4. The van der Waals surface area contributed by atoms with Crippen LogP contribution in [0, 0.1) is 11.8 Å². The molecule has 0 aromatic rings. The number of piperidine rings is 2. The van der Waals surface area contributed by atoms with Gasteiger partial charge >= 0.3 is 0 Å². The zero-order valence-corrected chi connectivity index (χ0v) is 13.2. The zero-order chi connectivity index (χ0) is 15.3. The molecule has 8 heteroatoms. The summed E-state index contributed by atoms with van der Waals surface area (Å²) >= 11 is 0. The minimum absolute atomic E-state index is 0.158. The van der Waals surface area contributed by atoms with Crippen molar-refractivity contribution in [2.24, 2.45) is 17.0 Å². The fourth-order valence-corrected chi connectivity index (χ4v) is 3.63. The highest BCUT2D eigenvalue weighted by Crippen LogP contribution is 2.20. The Kier molecular flexibility index (Phi) is 5.98. The lowest BCUT2D eigenvalue weighted by Crippen LogP contribution is -2.45. The normalized spacial score (nSPS) is 27.6. The Morgan fingerprint density at radius 3 is 2.71 bits per heavy atom. The van der Waals surface area contributed by atoms with E-state index in [-0.39, 0.29) is 11.8 Å². The van der Waals surface area contributed by atoms with Crippen LogP contribution in [-0.2, 0) is 15.0 Å². The minimum Gasteiger partial charge on any atom is -0.342 e. The van der Waals surface area contributed by atoms with Crippen LogP contribution in [0.2, 0.25) is 0 Å². The van der Waals surface area contributed by atoms with Crippen LogP contribution in [0.25, 0.3) is 0 Å². The van der Waals surface area contributed by atoms with Gasteiger partial charge in [0.15, 0.2) is 0 Å². The molecule has 21 heavy (non-hydrogen) atoms. The van der Waals surface area contributed by atoms with Crippen molar-refractivity contribution in [3.63, 3.8) is 0 Å². The van der Waals surface area contributed by atoms with Gasteiger partial charge in [-0.25, -0.2) is 9.86 Å². The highest BCUT2D eigenvalue weighted by Gasteiger charge is 2.26. The van der Waals surface area contributed by atoms with Crippen molar-refractivity contribution in [2.75, 3.05) is 32.7 Å². The molecule has 7 nitrogen and oxygen atoms in total. The lowest BCUT2D eigenvalue weighted by molar-refractivity contribution is -0.134. The first kappa shape index (κ1) is 16.7. The number of likely N-dealkylation sites (tertiary alicyclic amines) is 1. The number of nitrogens with one attached hydrogen (secondary N) is 2. The maximum absolute atomic E-state index is 12.3. The van der Waals surface area contributed by atoms with Crippen molar-refractivity contribution < 1.29 is 13.2 Å². The molecule has 2 rings (SSSR count). The van der Waals surface area contributed by atoms with E-state index in [1.807, 2.05) is 4.90 Å². The fourth-order valence-electron chi connectivity index (χ4n) is 3.17. The van der Waals surface area contributed by atoms with Crippen molar-refractivity contribution in [2.45, 2.75) is 32.1 Å². The molecule has 2 atom stereocenters. The largest absolute Gasteiger partial charge is 0.342 e. The predicted molar refractivity (Wildman–Crippen MR) is 80.6 cm³/mol. The van der Waals surface area contributed by atoms with Gasteiger partial charge in [0.25, 0.3) is 10.2 Å². The van der Waals surface area contributed by atoms with Gasteiger partial charge in [-0.3, -0.25) is 4.79 Å². The van der Waals surface area contributed by atoms with Gasteiger partial charge in [0.1, 0.15) is 0 Å². The molecule has 0 aromatic carbocycles. The van der Waals surface area contributed by atoms with Gasteiger partial charge in [-0.2, -0.15) is 8.42 Å². The van der Waals surface area contributed by atoms with Crippen LogP contribution in [0.15, 0.2) is 0 Å². The molecule has 2 saturated heterocycles. The van der Waals surface area contributed by atoms with Gasteiger partial charge in [-0.05, 0) is 50.6 Å². The van der Waals surface area contributed by atoms with E-state index in [9.17, 15) is 13.2 Å². The van der Waals surface area contributed by atoms with Gasteiger partial charge < -0.3 is 10.2 Å². The molecule has 2 fully saturated rings. The van der Waals surface area contributed by atoms with E-state index in [4.69, 9.17) is 5.14 Å². The fraction of sp³-hybridized carbons (Fsp3) is 0.923. The first-order valence-electron chi connectivity index (χ1n) is 7.70. The number of nitrogens with two attached hydrogens (primary N) is 1. The third kappa shape index (κ3) is 5.90. The summed E-state index contributed by atoms with van der Waals surface area (Å²) < 4.78 is 24.2. The minimum atomic E-state index is -3.65. The van der Waals surface area contributed by atoms with E-state index in [2.05, 4.69) is 10.0 Å². The maximum atomic E-state index is 12.3. The number of nitrogens with zero attached hydrogens (tertiary/aromatic N) is 1. The average molecular weight is 318 g/mol. The molecular weight excluding hydrogens is 292 g/mol. The molecule has 4 N–H and O–H groups in total. The Morgan fingerprint density at radius 2 is 2.05 bits per heavy atom. The van der Waals surface area contributed by atoms with Gasteiger partial charge in [0, 0.05) is 26.1 Å².